The Bertz CT molecular complexity index is 755. The van der Waals surface area contributed by atoms with Gasteiger partial charge >= 0.3 is 0 Å². The molecule has 0 aromatic heterocycles. The van der Waals surface area contributed by atoms with E-state index in [1.807, 2.05) is 0 Å². The number of carbonyl (C=O) groups is 1. The summed E-state index contributed by atoms with van der Waals surface area (Å²) < 4.78 is 0. The van der Waals surface area contributed by atoms with Gasteiger partial charge in [0.05, 0.1) is 11.6 Å². The molecule has 0 aliphatic carbocycles. The highest BCUT2D eigenvalue weighted by Gasteiger charge is 2.10. The van der Waals surface area contributed by atoms with E-state index in [1.54, 1.807) is 24.3 Å². The van der Waals surface area contributed by atoms with Crippen molar-refractivity contribution in [2.45, 2.75) is 25.7 Å². The van der Waals surface area contributed by atoms with Crippen molar-refractivity contribution in [2.75, 3.05) is 24.5 Å². The third kappa shape index (κ3) is 4.60. The van der Waals surface area contributed by atoms with Gasteiger partial charge in [0.25, 0.3) is 5.91 Å². The first kappa shape index (κ1) is 17.0. The van der Waals surface area contributed by atoms with Gasteiger partial charge in [0, 0.05) is 30.9 Å². The monoisotopic (exact) mass is 333 g/mol. The van der Waals surface area contributed by atoms with Gasteiger partial charge in [0.2, 0.25) is 0 Å². The van der Waals surface area contributed by atoms with Gasteiger partial charge in [-0.25, -0.2) is 0 Å². The van der Waals surface area contributed by atoms with Gasteiger partial charge in [-0.1, -0.05) is 18.2 Å². The van der Waals surface area contributed by atoms with Gasteiger partial charge in [-0.3, -0.25) is 4.79 Å². The van der Waals surface area contributed by atoms with E-state index in [-0.39, 0.29) is 5.91 Å². The molecule has 0 radical (unpaired) electrons. The number of nitriles is 1. The fraction of sp³-hybridized carbons (Fsp3) is 0.333. The van der Waals surface area contributed by atoms with E-state index in [0.29, 0.717) is 17.7 Å². The zero-order chi connectivity index (χ0) is 17.5. The lowest BCUT2D eigenvalue weighted by molar-refractivity contribution is 0.0954. The lowest BCUT2D eigenvalue weighted by atomic mass is 10.1. The number of anilines is 1. The lowest BCUT2D eigenvalue weighted by Gasteiger charge is -2.28. The highest BCUT2D eigenvalue weighted by Crippen LogP contribution is 2.20. The molecule has 4 nitrogen and oxygen atoms in total. The Morgan fingerprint density at radius 1 is 1.08 bits per heavy atom. The van der Waals surface area contributed by atoms with Crippen LogP contribution in [0.5, 0.6) is 0 Å². The van der Waals surface area contributed by atoms with Crippen LogP contribution in [-0.4, -0.2) is 25.5 Å². The maximum atomic E-state index is 12.1. The Morgan fingerprint density at radius 2 is 1.84 bits per heavy atom. The van der Waals surface area contributed by atoms with Gasteiger partial charge in [0.1, 0.15) is 0 Å². The Morgan fingerprint density at radius 3 is 2.56 bits per heavy atom. The number of piperidine rings is 1. The molecule has 2 aromatic rings. The number of carbonyl (C=O) groups excluding carboxylic acids is 1. The van der Waals surface area contributed by atoms with E-state index in [0.717, 1.165) is 19.5 Å². The molecule has 0 spiro atoms. The number of nitrogens with zero attached hydrogens (tertiary/aromatic N) is 2. The molecule has 0 saturated carbocycles. The minimum absolute atomic E-state index is 0.137. The third-order valence-electron chi connectivity index (χ3n) is 4.61. The summed E-state index contributed by atoms with van der Waals surface area (Å²) in [7, 11) is 0. The Kier molecular flexibility index (Phi) is 5.69. The van der Waals surface area contributed by atoms with Crippen molar-refractivity contribution in [1.82, 2.24) is 5.32 Å². The van der Waals surface area contributed by atoms with Crippen LogP contribution >= 0.6 is 0 Å². The summed E-state index contributed by atoms with van der Waals surface area (Å²) in [6.07, 6.45) is 4.69. The molecule has 0 atom stereocenters. The summed E-state index contributed by atoms with van der Waals surface area (Å²) in [4.78, 5) is 14.6. The molecule has 1 aliphatic heterocycles. The molecular weight excluding hydrogens is 310 g/mol. The molecule has 0 bridgehead atoms. The summed E-state index contributed by atoms with van der Waals surface area (Å²) in [5.74, 6) is -0.137. The van der Waals surface area contributed by atoms with Crippen LogP contribution in [0.4, 0.5) is 5.69 Å². The fourth-order valence-corrected chi connectivity index (χ4v) is 3.18. The number of amides is 1. The highest BCUT2D eigenvalue weighted by molar-refractivity contribution is 5.94. The van der Waals surface area contributed by atoms with Crippen molar-refractivity contribution >= 4 is 11.6 Å². The average molecular weight is 333 g/mol. The first-order chi connectivity index (χ1) is 12.3. The SMILES string of the molecule is N#Cc1cccc(C(=O)NCCc2ccc(N3CCCCC3)cc2)c1. The van der Waals surface area contributed by atoms with Crippen molar-refractivity contribution in [3.05, 3.63) is 65.2 Å². The predicted molar refractivity (Wildman–Crippen MR) is 99.7 cm³/mol. The first-order valence-corrected chi connectivity index (χ1v) is 8.88. The van der Waals surface area contributed by atoms with Gasteiger partial charge in [-0.05, 0) is 61.6 Å². The maximum absolute atomic E-state index is 12.1. The second kappa shape index (κ2) is 8.34. The molecule has 1 saturated heterocycles. The molecule has 1 amide bonds. The largest absolute Gasteiger partial charge is 0.372 e. The summed E-state index contributed by atoms with van der Waals surface area (Å²) in [6.45, 7) is 2.88. The third-order valence-corrected chi connectivity index (χ3v) is 4.61. The Labute approximate surface area is 149 Å². The van der Waals surface area contributed by atoms with Crippen molar-refractivity contribution in [3.63, 3.8) is 0 Å². The smallest absolute Gasteiger partial charge is 0.251 e. The second-order valence-corrected chi connectivity index (χ2v) is 6.41. The van der Waals surface area contributed by atoms with Gasteiger partial charge in [-0.2, -0.15) is 5.26 Å². The van der Waals surface area contributed by atoms with Crippen molar-refractivity contribution in [2.24, 2.45) is 0 Å². The van der Waals surface area contributed by atoms with Crippen LogP contribution in [0.1, 0.15) is 40.7 Å². The zero-order valence-corrected chi connectivity index (χ0v) is 14.4. The molecule has 25 heavy (non-hydrogen) atoms. The molecule has 0 unspecified atom stereocenters. The minimum Gasteiger partial charge on any atom is -0.372 e. The molecule has 1 heterocycles. The predicted octanol–water partition coefficient (Wildman–Crippen LogP) is 3.52. The van der Waals surface area contributed by atoms with Gasteiger partial charge in [-0.15, -0.1) is 0 Å². The van der Waals surface area contributed by atoms with Crippen LogP contribution in [0.2, 0.25) is 0 Å². The van der Waals surface area contributed by atoms with Crippen LogP contribution in [0.3, 0.4) is 0 Å². The van der Waals surface area contributed by atoms with Crippen LogP contribution in [0.25, 0.3) is 0 Å². The fourth-order valence-electron chi connectivity index (χ4n) is 3.18. The van der Waals surface area contributed by atoms with E-state index in [2.05, 4.69) is 40.6 Å². The van der Waals surface area contributed by atoms with E-state index >= 15 is 0 Å². The topological polar surface area (TPSA) is 56.1 Å². The maximum Gasteiger partial charge on any atom is 0.251 e. The van der Waals surface area contributed by atoms with Crippen LogP contribution in [0.15, 0.2) is 48.5 Å². The quantitative estimate of drug-likeness (QED) is 0.911. The molecule has 1 N–H and O–H groups in total. The normalized spacial score (nSPS) is 14.0. The van der Waals surface area contributed by atoms with E-state index in [9.17, 15) is 4.79 Å². The second-order valence-electron chi connectivity index (χ2n) is 6.41. The number of hydrogen-bond acceptors (Lipinski definition) is 3. The average Bonchev–Trinajstić information content (AvgIpc) is 2.69. The number of rotatable bonds is 5. The number of nitrogens with one attached hydrogen (secondary N) is 1. The molecule has 3 rings (SSSR count). The highest BCUT2D eigenvalue weighted by atomic mass is 16.1. The number of hydrogen-bond donors (Lipinski definition) is 1. The van der Waals surface area contributed by atoms with E-state index < -0.39 is 0 Å². The minimum atomic E-state index is -0.137. The van der Waals surface area contributed by atoms with Crippen LogP contribution < -0.4 is 10.2 Å². The molecule has 4 heteroatoms. The molecule has 1 fully saturated rings. The van der Waals surface area contributed by atoms with Crippen LogP contribution in [0, 0.1) is 11.3 Å². The summed E-state index contributed by atoms with van der Waals surface area (Å²) >= 11 is 0. The molecular formula is C21H23N3O. The van der Waals surface area contributed by atoms with Crippen molar-refractivity contribution in [1.29, 1.82) is 5.26 Å². The van der Waals surface area contributed by atoms with Gasteiger partial charge < -0.3 is 10.2 Å². The standard InChI is InChI=1S/C21H23N3O/c22-16-18-5-4-6-19(15-18)21(25)23-12-11-17-7-9-20(10-8-17)24-13-2-1-3-14-24/h4-10,15H,1-3,11-14H2,(H,23,25). The first-order valence-electron chi connectivity index (χ1n) is 8.88. The summed E-state index contributed by atoms with van der Waals surface area (Å²) in [6, 6.07) is 17.5. The van der Waals surface area contributed by atoms with Gasteiger partial charge in [0.15, 0.2) is 0 Å². The Hall–Kier alpha value is -2.80. The van der Waals surface area contributed by atoms with Crippen molar-refractivity contribution < 1.29 is 4.79 Å². The summed E-state index contributed by atoms with van der Waals surface area (Å²) in [5.41, 5.74) is 3.54. The summed E-state index contributed by atoms with van der Waals surface area (Å²) in [5, 5.41) is 11.8. The molecule has 1 aliphatic rings. The zero-order valence-electron chi connectivity index (χ0n) is 14.4. The van der Waals surface area contributed by atoms with E-state index in [1.165, 1.54) is 30.5 Å². The van der Waals surface area contributed by atoms with Crippen LogP contribution in [-0.2, 0) is 6.42 Å². The lowest BCUT2D eigenvalue weighted by Crippen LogP contribution is -2.29. The van der Waals surface area contributed by atoms with E-state index in [4.69, 9.17) is 5.26 Å². The molecule has 128 valence electrons. The Balaban J connectivity index is 1.50. The number of benzene rings is 2. The van der Waals surface area contributed by atoms with Crippen molar-refractivity contribution in [3.8, 4) is 6.07 Å². The molecule has 2 aromatic carbocycles.